The van der Waals surface area contributed by atoms with Crippen molar-refractivity contribution < 1.29 is 19.4 Å². The largest absolute Gasteiger partial charge is 0.497 e. The highest BCUT2D eigenvalue weighted by atomic mass is 79.9. The maximum absolute atomic E-state index is 11.8. The van der Waals surface area contributed by atoms with E-state index in [1.54, 1.807) is 32.0 Å². The first-order chi connectivity index (χ1) is 9.33. The Morgan fingerprint density at radius 1 is 1.30 bits per heavy atom. The highest BCUT2D eigenvalue weighted by Crippen LogP contribution is 2.24. The molecule has 1 aromatic carbocycles. The van der Waals surface area contributed by atoms with Crippen LogP contribution in [0.3, 0.4) is 0 Å². The SMILES string of the molecule is COc1cc(Br)cc(NC(=O)N[C@@H](C(=O)O)C(C)C)c1. The number of rotatable bonds is 5. The number of urea groups is 1. The minimum atomic E-state index is -1.07. The number of hydrogen-bond acceptors (Lipinski definition) is 3. The van der Waals surface area contributed by atoms with Crippen LogP contribution in [-0.2, 0) is 4.79 Å². The lowest BCUT2D eigenvalue weighted by molar-refractivity contribution is -0.140. The number of carbonyl (C=O) groups is 2. The smallest absolute Gasteiger partial charge is 0.326 e. The summed E-state index contributed by atoms with van der Waals surface area (Å²) >= 11 is 3.30. The fraction of sp³-hybridized carbons (Fsp3) is 0.385. The molecule has 0 bridgehead atoms. The number of benzene rings is 1. The molecule has 0 saturated carbocycles. The van der Waals surface area contributed by atoms with E-state index in [0.717, 1.165) is 4.47 Å². The molecule has 0 radical (unpaired) electrons. The molecule has 0 aliphatic heterocycles. The van der Waals surface area contributed by atoms with E-state index in [1.165, 1.54) is 7.11 Å². The molecule has 1 atom stereocenters. The second-order valence-corrected chi connectivity index (χ2v) is 5.45. The maximum Gasteiger partial charge on any atom is 0.326 e. The Kier molecular flexibility index (Phi) is 5.82. The highest BCUT2D eigenvalue weighted by molar-refractivity contribution is 9.10. The van der Waals surface area contributed by atoms with Gasteiger partial charge < -0.3 is 20.5 Å². The lowest BCUT2D eigenvalue weighted by Gasteiger charge is -2.18. The van der Waals surface area contributed by atoms with Crippen LogP contribution in [0, 0.1) is 5.92 Å². The van der Waals surface area contributed by atoms with E-state index in [1.807, 2.05) is 0 Å². The maximum atomic E-state index is 11.8. The predicted octanol–water partition coefficient (Wildman–Crippen LogP) is 2.69. The molecule has 0 unspecified atom stereocenters. The Morgan fingerprint density at radius 2 is 1.95 bits per heavy atom. The molecule has 6 nitrogen and oxygen atoms in total. The van der Waals surface area contributed by atoms with Crippen molar-refractivity contribution in [1.82, 2.24) is 5.32 Å². The van der Waals surface area contributed by atoms with Crippen molar-refractivity contribution in [3.05, 3.63) is 22.7 Å². The molecule has 0 spiro atoms. The summed E-state index contributed by atoms with van der Waals surface area (Å²) in [6, 6.07) is 3.55. The number of ether oxygens (including phenoxy) is 1. The fourth-order valence-corrected chi connectivity index (χ4v) is 2.05. The monoisotopic (exact) mass is 344 g/mol. The average molecular weight is 345 g/mol. The summed E-state index contributed by atoms with van der Waals surface area (Å²) in [6.45, 7) is 3.45. The molecule has 0 fully saturated rings. The molecule has 110 valence electrons. The van der Waals surface area contributed by atoms with Crippen LogP contribution < -0.4 is 15.4 Å². The summed E-state index contributed by atoms with van der Waals surface area (Å²) in [5, 5.41) is 14.0. The predicted molar refractivity (Wildman–Crippen MR) is 79.1 cm³/mol. The Balaban J connectivity index is 2.75. The molecule has 0 aliphatic carbocycles. The van der Waals surface area contributed by atoms with E-state index in [0.29, 0.717) is 11.4 Å². The number of nitrogens with one attached hydrogen (secondary N) is 2. The van der Waals surface area contributed by atoms with Crippen molar-refractivity contribution in [2.75, 3.05) is 12.4 Å². The van der Waals surface area contributed by atoms with Crippen LogP contribution in [0.5, 0.6) is 5.75 Å². The third-order valence-corrected chi connectivity index (χ3v) is 3.04. The van der Waals surface area contributed by atoms with Crippen molar-refractivity contribution >= 4 is 33.6 Å². The highest BCUT2D eigenvalue weighted by Gasteiger charge is 2.23. The third-order valence-electron chi connectivity index (χ3n) is 2.58. The molecule has 1 rings (SSSR count). The Bertz CT molecular complexity index is 505. The van der Waals surface area contributed by atoms with Crippen LogP contribution in [0.2, 0.25) is 0 Å². The number of halogens is 1. The minimum Gasteiger partial charge on any atom is -0.497 e. The van der Waals surface area contributed by atoms with Crippen LogP contribution >= 0.6 is 15.9 Å². The second kappa shape index (κ2) is 7.14. The summed E-state index contributed by atoms with van der Waals surface area (Å²) in [4.78, 5) is 22.8. The molecule has 2 amide bonds. The van der Waals surface area contributed by atoms with E-state index in [2.05, 4.69) is 26.6 Å². The van der Waals surface area contributed by atoms with Crippen LogP contribution in [0.15, 0.2) is 22.7 Å². The van der Waals surface area contributed by atoms with Crippen LogP contribution in [-0.4, -0.2) is 30.3 Å². The van der Waals surface area contributed by atoms with Crippen molar-refractivity contribution in [3.63, 3.8) is 0 Å². The van der Waals surface area contributed by atoms with Gasteiger partial charge in [0, 0.05) is 16.2 Å². The molecule has 3 N–H and O–H groups in total. The van der Waals surface area contributed by atoms with E-state index in [9.17, 15) is 9.59 Å². The first-order valence-corrected chi connectivity index (χ1v) is 6.77. The van der Waals surface area contributed by atoms with Crippen molar-refractivity contribution in [3.8, 4) is 5.75 Å². The van der Waals surface area contributed by atoms with Gasteiger partial charge in [-0.25, -0.2) is 9.59 Å². The topological polar surface area (TPSA) is 87.7 Å². The lowest BCUT2D eigenvalue weighted by Crippen LogP contribution is -2.46. The molecule has 0 aromatic heterocycles. The molecule has 0 aliphatic rings. The number of amides is 2. The Morgan fingerprint density at radius 3 is 2.45 bits per heavy atom. The van der Waals surface area contributed by atoms with Crippen LogP contribution in [0.4, 0.5) is 10.5 Å². The zero-order chi connectivity index (χ0) is 15.3. The van der Waals surface area contributed by atoms with Gasteiger partial charge in [0.25, 0.3) is 0 Å². The first kappa shape index (κ1) is 16.3. The van der Waals surface area contributed by atoms with E-state index >= 15 is 0 Å². The number of carbonyl (C=O) groups excluding carboxylic acids is 1. The van der Waals surface area contributed by atoms with Gasteiger partial charge in [-0.3, -0.25) is 0 Å². The molecule has 1 aromatic rings. The number of methoxy groups -OCH3 is 1. The molecule has 0 saturated heterocycles. The lowest BCUT2D eigenvalue weighted by atomic mass is 10.1. The minimum absolute atomic E-state index is 0.213. The number of anilines is 1. The van der Waals surface area contributed by atoms with Crippen LogP contribution in [0.25, 0.3) is 0 Å². The number of aliphatic carboxylic acids is 1. The van der Waals surface area contributed by atoms with Gasteiger partial charge >= 0.3 is 12.0 Å². The number of hydrogen-bond donors (Lipinski definition) is 3. The summed E-state index contributed by atoms with van der Waals surface area (Å²) in [7, 11) is 1.52. The van der Waals surface area contributed by atoms with Gasteiger partial charge in [0.2, 0.25) is 0 Å². The van der Waals surface area contributed by atoms with E-state index < -0.39 is 18.0 Å². The van der Waals surface area contributed by atoms with Gasteiger partial charge in [-0.05, 0) is 18.1 Å². The van der Waals surface area contributed by atoms with Crippen molar-refractivity contribution in [2.24, 2.45) is 5.92 Å². The fourth-order valence-electron chi connectivity index (χ4n) is 1.57. The zero-order valence-electron chi connectivity index (χ0n) is 11.4. The summed E-state index contributed by atoms with van der Waals surface area (Å²) in [5.74, 6) is -0.703. The van der Waals surface area contributed by atoms with E-state index in [-0.39, 0.29) is 5.92 Å². The summed E-state index contributed by atoms with van der Waals surface area (Å²) in [6.07, 6.45) is 0. The molecular weight excluding hydrogens is 328 g/mol. The van der Waals surface area contributed by atoms with Crippen molar-refractivity contribution in [1.29, 1.82) is 0 Å². The second-order valence-electron chi connectivity index (χ2n) is 4.54. The standard InChI is InChI=1S/C13H17BrN2O4/c1-7(2)11(12(17)18)16-13(19)15-9-4-8(14)5-10(6-9)20-3/h4-7,11H,1-3H3,(H,17,18)(H2,15,16,19)/t11-/m1/s1. The Hall–Kier alpha value is -1.76. The quantitative estimate of drug-likeness (QED) is 0.766. The zero-order valence-corrected chi connectivity index (χ0v) is 13.0. The molecular formula is C13H17BrN2O4. The van der Waals surface area contributed by atoms with Crippen LogP contribution in [0.1, 0.15) is 13.8 Å². The average Bonchev–Trinajstić information content (AvgIpc) is 2.34. The van der Waals surface area contributed by atoms with Gasteiger partial charge in [0.05, 0.1) is 7.11 Å². The summed E-state index contributed by atoms with van der Waals surface area (Å²) < 4.78 is 5.82. The number of carboxylic acids is 1. The normalized spacial score (nSPS) is 11.8. The molecule has 0 heterocycles. The Labute approximate surface area is 125 Å². The van der Waals surface area contributed by atoms with Gasteiger partial charge in [0.15, 0.2) is 0 Å². The van der Waals surface area contributed by atoms with Gasteiger partial charge in [-0.2, -0.15) is 0 Å². The van der Waals surface area contributed by atoms with Crippen molar-refractivity contribution in [2.45, 2.75) is 19.9 Å². The van der Waals surface area contributed by atoms with Gasteiger partial charge in [-0.15, -0.1) is 0 Å². The van der Waals surface area contributed by atoms with Gasteiger partial charge in [0.1, 0.15) is 11.8 Å². The number of carboxylic acid groups (broad SMARTS) is 1. The third kappa shape index (κ3) is 4.73. The summed E-state index contributed by atoms with van der Waals surface area (Å²) in [5.41, 5.74) is 0.501. The molecule has 20 heavy (non-hydrogen) atoms. The molecule has 7 heteroatoms. The van der Waals surface area contributed by atoms with Gasteiger partial charge in [-0.1, -0.05) is 29.8 Å². The first-order valence-electron chi connectivity index (χ1n) is 5.98. The van der Waals surface area contributed by atoms with E-state index in [4.69, 9.17) is 9.84 Å².